The number of ether oxygens (including phenoxy) is 1. The number of halogens is 1. The maximum atomic E-state index is 13.1. The van der Waals surface area contributed by atoms with Gasteiger partial charge in [0.1, 0.15) is 11.5 Å². The van der Waals surface area contributed by atoms with Gasteiger partial charge in [-0.3, -0.25) is 0 Å². The number of nitrogens with two attached hydrogens (primary N) is 1. The molecule has 0 aliphatic rings. The third kappa shape index (κ3) is 2.72. The van der Waals surface area contributed by atoms with Crippen LogP contribution in [0.3, 0.4) is 0 Å². The minimum absolute atomic E-state index is 0.264. The van der Waals surface area contributed by atoms with Gasteiger partial charge in [0.05, 0.1) is 18.8 Å². The Labute approximate surface area is 104 Å². The highest BCUT2D eigenvalue weighted by Gasteiger charge is 2.11. The molecule has 0 aliphatic heterocycles. The molecule has 0 spiro atoms. The molecule has 0 unspecified atom stereocenters. The van der Waals surface area contributed by atoms with Crippen molar-refractivity contribution < 1.29 is 9.13 Å². The molecular formula is C12H15FN4O. The van der Waals surface area contributed by atoms with Gasteiger partial charge in [0, 0.05) is 13.7 Å². The monoisotopic (exact) mass is 250 g/mol. The van der Waals surface area contributed by atoms with E-state index in [1.807, 2.05) is 6.07 Å². The van der Waals surface area contributed by atoms with Crippen LogP contribution in [0.2, 0.25) is 0 Å². The third-order valence-electron chi connectivity index (χ3n) is 2.61. The first-order valence-electron chi connectivity index (χ1n) is 5.59. The number of hydrogen-bond acceptors (Lipinski definition) is 4. The van der Waals surface area contributed by atoms with E-state index in [0.29, 0.717) is 25.4 Å². The highest BCUT2D eigenvalue weighted by Crippen LogP contribution is 2.10. The van der Waals surface area contributed by atoms with Crippen LogP contribution in [0.5, 0.6) is 0 Å². The summed E-state index contributed by atoms with van der Waals surface area (Å²) in [5.74, 6) is -0.264. The molecule has 0 radical (unpaired) electrons. The molecule has 1 aromatic heterocycles. The van der Waals surface area contributed by atoms with Crippen molar-refractivity contribution in [1.29, 1.82) is 0 Å². The molecule has 2 N–H and O–H groups in total. The van der Waals surface area contributed by atoms with Gasteiger partial charge >= 0.3 is 0 Å². The Morgan fingerprint density at radius 3 is 2.94 bits per heavy atom. The van der Waals surface area contributed by atoms with Crippen molar-refractivity contribution in [3.8, 4) is 0 Å². The van der Waals surface area contributed by atoms with E-state index in [4.69, 9.17) is 10.5 Å². The number of benzene rings is 1. The molecule has 0 aliphatic carbocycles. The van der Waals surface area contributed by atoms with E-state index in [1.165, 1.54) is 12.1 Å². The molecule has 18 heavy (non-hydrogen) atoms. The molecule has 1 heterocycles. The van der Waals surface area contributed by atoms with E-state index in [9.17, 15) is 4.39 Å². The highest BCUT2D eigenvalue weighted by atomic mass is 19.1. The maximum Gasteiger partial charge on any atom is 0.123 e. The van der Waals surface area contributed by atoms with E-state index in [-0.39, 0.29) is 5.82 Å². The van der Waals surface area contributed by atoms with Gasteiger partial charge in [-0.1, -0.05) is 17.3 Å². The van der Waals surface area contributed by atoms with Crippen LogP contribution in [-0.2, 0) is 24.4 Å². The fourth-order valence-electron chi connectivity index (χ4n) is 1.76. The van der Waals surface area contributed by atoms with Gasteiger partial charge in [-0.25, -0.2) is 9.07 Å². The minimum Gasteiger partial charge on any atom is -0.378 e. The standard InChI is InChI=1S/C12H15FN4O/c1-18-8-12-11(6-14)15-16-17(12)7-9-3-2-4-10(13)5-9/h2-5H,6-8,14H2,1H3. The summed E-state index contributed by atoms with van der Waals surface area (Å²) in [6.45, 7) is 1.14. The van der Waals surface area contributed by atoms with Crippen LogP contribution in [0.25, 0.3) is 0 Å². The average Bonchev–Trinajstić information content (AvgIpc) is 2.72. The van der Waals surface area contributed by atoms with Crippen molar-refractivity contribution in [2.45, 2.75) is 19.7 Å². The third-order valence-corrected chi connectivity index (χ3v) is 2.61. The van der Waals surface area contributed by atoms with Crippen molar-refractivity contribution in [2.24, 2.45) is 5.73 Å². The second kappa shape index (κ2) is 5.70. The summed E-state index contributed by atoms with van der Waals surface area (Å²) in [4.78, 5) is 0. The Morgan fingerprint density at radius 2 is 2.28 bits per heavy atom. The SMILES string of the molecule is COCc1c(CN)nnn1Cc1cccc(F)c1. The lowest BCUT2D eigenvalue weighted by Crippen LogP contribution is -2.09. The van der Waals surface area contributed by atoms with E-state index in [0.717, 1.165) is 11.3 Å². The Morgan fingerprint density at radius 1 is 1.44 bits per heavy atom. The van der Waals surface area contributed by atoms with Crippen LogP contribution in [-0.4, -0.2) is 22.1 Å². The maximum absolute atomic E-state index is 13.1. The van der Waals surface area contributed by atoms with Crippen LogP contribution in [0.4, 0.5) is 4.39 Å². The lowest BCUT2D eigenvalue weighted by Gasteiger charge is -2.07. The number of methoxy groups -OCH3 is 1. The van der Waals surface area contributed by atoms with Gasteiger partial charge < -0.3 is 10.5 Å². The molecule has 0 amide bonds. The molecule has 96 valence electrons. The topological polar surface area (TPSA) is 66.0 Å². The summed E-state index contributed by atoms with van der Waals surface area (Å²) < 4.78 is 19.9. The quantitative estimate of drug-likeness (QED) is 0.862. The second-order valence-corrected chi connectivity index (χ2v) is 3.91. The second-order valence-electron chi connectivity index (χ2n) is 3.91. The molecule has 0 saturated carbocycles. The van der Waals surface area contributed by atoms with Gasteiger partial charge in [0.15, 0.2) is 0 Å². The summed E-state index contributed by atoms with van der Waals surface area (Å²) in [6.07, 6.45) is 0. The van der Waals surface area contributed by atoms with Crippen molar-refractivity contribution in [2.75, 3.05) is 7.11 Å². The summed E-state index contributed by atoms with van der Waals surface area (Å²) in [5, 5.41) is 8.00. The molecule has 5 nitrogen and oxygen atoms in total. The first kappa shape index (κ1) is 12.7. The molecule has 6 heteroatoms. The Hall–Kier alpha value is -1.79. The summed E-state index contributed by atoms with van der Waals surface area (Å²) in [7, 11) is 1.60. The van der Waals surface area contributed by atoms with Crippen LogP contribution < -0.4 is 5.73 Å². The summed E-state index contributed by atoms with van der Waals surface area (Å²) in [5.41, 5.74) is 7.93. The van der Waals surface area contributed by atoms with Gasteiger partial charge in [-0.2, -0.15) is 0 Å². The Kier molecular flexibility index (Phi) is 4.01. The molecule has 2 rings (SSSR count). The fourth-order valence-corrected chi connectivity index (χ4v) is 1.76. The van der Waals surface area contributed by atoms with Crippen LogP contribution in [0.1, 0.15) is 17.0 Å². The minimum atomic E-state index is -0.264. The predicted octanol–water partition coefficient (Wildman–Crippen LogP) is 1.07. The first-order valence-corrected chi connectivity index (χ1v) is 5.59. The van der Waals surface area contributed by atoms with Crippen molar-refractivity contribution in [1.82, 2.24) is 15.0 Å². The van der Waals surface area contributed by atoms with Crippen molar-refractivity contribution >= 4 is 0 Å². The highest BCUT2D eigenvalue weighted by molar-refractivity contribution is 5.18. The van der Waals surface area contributed by atoms with E-state index >= 15 is 0 Å². The Bertz CT molecular complexity index is 527. The van der Waals surface area contributed by atoms with E-state index in [1.54, 1.807) is 17.9 Å². The number of nitrogens with zero attached hydrogens (tertiary/aromatic N) is 3. The predicted molar refractivity (Wildman–Crippen MR) is 64.1 cm³/mol. The average molecular weight is 250 g/mol. The Balaban J connectivity index is 2.25. The fraction of sp³-hybridized carbons (Fsp3) is 0.333. The van der Waals surface area contributed by atoms with Crippen LogP contribution in [0, 0.1) is 5.82 Å². The molecular weight excluding hydrogens is 235 g/mol. The lowest BCUT2D eigenvalue weighted by atomic mass is 10.2. The number of rotatable bonds is 5. The molecule has 0 bridgehead atoms. The molecule has 1 aromatic carbocycles. The van der Waals surface area contributed by atoms with Crippen molar-refractivity contribution in [3.05, 3.63) is 47.0 Å². The summed E-state index contributed by atoms with van der Waals surface area (Å²) in [6, 6.07) is 6.39. The van der Waals surface area contributed by atoms with Gasteiger partial charge in [0.25, 0.3) is 0 Å². The zero-order chi connectivity index (χ0) is 13.0. The molecule has 0 fully saturated rings. The molecule has 0 saturated heterocycles. The first-order chi connectivity index (χ1) is 8.74. The van der Waals surface area contributed by atoms with Crippen molar-refractivity contribution in [3.63, 3.8) is 0 Å². The molecule has 2 aromatic rings. The van der Waals surface area contributed by atoms with Crippen LogP contribution in [0.15, 0.2) is 24.3 Å². The van der Waals surface area contributed by atoms with Gasteiger partial charge in [-0.05, 0) is 17.7 Å². The largest absolute Gasteiger partial charge is 0.378 e. The zero-order valence-electron chi connectivity index (χ0n) is 10.1. The zero-order valence-corrected chi connectivity index (χ0v) is 10.1. The lowest BCUT2D eigenvalue weighted by molar-refractivity contribution is 0.176. The normalized spacial score (nSPS) is 10.8. The molecule has 0 atom stereocenters. The smallest absolute Gasteiger partial charge is 0.123 e. The summed E-state index contributed by atoms with van der Waals surface area (Å²) >= 11 is 0. The number of aromatic nitrogens is 3. The number of hydrogen-bond donors (Lipinski definition) is 1. The van der Waals surface area contributed by atoms with E-state index < -0.39 is 0 Å². The van der Waals surface area contributed by atoms with Gasteiger partial charge in [-0.15, -0.1) is 5.10 Å². The van der Waals surface area contributed by atoms with Gasteiger partial charge in [0.2, 0.25) is 0 Å². The van der Waals surface area contributed by atoms with Crippen LogP contribution >= 0.6 is 0 Å². The van der Waals surface area contributed by atoms with E-state index in [2.05, 4.69) is 10.3 Å².